The van der Waals surface area contributed by atoms with Gasteiger partial charge in [-0.05, 0) is 28.9 Å². The van der Waals surface area contributed by atoms with Crippen molar-refractivity contribution >= 4 is 6.29 Å². The van der Waals surface area contributed by atoms with E-state index >= 15 is 0 Å². The van der Waals surface area contributed by atoms with Gasteiger partial charge >= 0.3 is 0 Å². The lowest BCUT2D eigenvalue weighted by Crippen LogP contribution is -2.06. The van der Waals surface area contributed by atoms with Crippen molar-refractivity contribution in [2.75, 3.05) is 0 Å². The zero-order valence-electron chi connectivity index (χ0n) is 9.95. The molecule has 0 aliphatic heterocycles. The van der Waals surface area contributed by atoms with Crippen molar-refractivity contribution in [3.05, 3.63) is 24.0 Å². The molecule has 0 bridgehead atoms. The molecule has 1 saturated carbocycles. The molecule has 1 heterocycles. The minimum atomic E-state index is 0.386. The zero-order chi connectivity index (χ0) is 11.3. The highest BCUT2D eigenvalue weighted by Crippen LogP contribution is 2.68. The zero-order valence-corrected chi connectivity index (χ0v) is 9.95. The molecule has 1 fully saturated rings. The topological polar surface area (TPSA) is 22.0 Å². The largest absolute Gasteiger partial charge is 0.345 e. The van der Waals surface area contributed by atoms with Crippen LogP contribution in [0.4, 0.5) is 0 Å². The SMILES string of the molecule is CC1(C)C(Cn2cccc2C=O)C1(C)C. The highest BCUT2D eigenvalue weighted by molar-refractivity contribution is 5.72. The van der Waals surface area contributed by atoms with Gasteiger partial charge in [-0.15, -0.1) is 0 Å². The number of rotatable bonds is 3. The fourth-order valence-electron chi connectivity index (χ4n) is 2.69. The van der Waals surface area contributed by atoms with Gasteiger partial charge in [0.2, 0.25) is 0 Å². The summed E-state index contributed by atoms with van der Waals surface area (Å²) < 4.78 is 2.06. The molecule has 0 saturated heterocycles. The van der Waals surface area contributed by atoms with Crippen LogP contribution in [0, 0.1) is 16.7 Å². The van der Waals surface area contributed by atoms with Crippen molar-refractivity contribution in [3.8, 4) is 0 Å². The summed E-state index contributed by atoms with van der Waals surface area (Å²) in [5.41, 5.74) is 1.56. The van der Waals surface area contributed by atoms with Crippen LogP contribution in [0.25, 0.3) is 0 Å². The highest BCUT2D eigenvalue weighted by Gasteiger charge is 2.64. The molecule has 0 atom stereocenters. The second-order valence-electron chi connectivity index (χ2n) is 5.70. The van der Waals surface area contributed by atoms with Crippen LogP contribution in [0.2, 0.25) is 0 Å². The predicted molar refractivity (Wildman–Crippen MR) is 60.9 cm³/mol. The van der Waals surface area contributed by atoms with E-state index < -0.39 is 0 Å². The lowest BCUT2D eigenvalue weighted by molar-refractivity contribution is 0.111. The lowest BCUT2D eigenvalue weighted by atomic mass is 10.0. The van der Waals surface area contributed by atoms with Crippen LogP contribution < -0.4 is 0 Å². The summed E-state index contributed by atoms with van der Waals surface area (Å²) in [5, 5.41) is 0. The molecular formula is C13H19NO. The third-order valence-corrected chi connectivity index (χ3v) is 4.68. The third-order valence-electron chi connectivity index (χ3n) is 4.68. The average Bonchev–Trinajstić information content (AvgIpc) is 2.59. The first kappa shape index (κ1) is 10.5. The van der Waals surface area contributed by atoms with Crippen molar-refractivity contribution < 1.29 is 4.79 Å². The smallest absolute Gasteiger partial charge is 0.166 e. The Hall–Kier alpha value is -1.05. The van der Waals surface area contributed by atoms with E-state index in [2.05, 4.69) is 32.3 Å². The van der Waals surface area contributed by atoms with Crippen LogP contribution in [0.1, 0.15) is 38.2 Å². The predicted octanol–water partition coefficient (Wildman–Crippen LogP) is 2.98. The molecule has 0 aromatic carbocycles. The van der Waals surface area contributed by atoms with Crippen molar-refractivity contribution in [2.24, 2.45) is 16.7 Å². The molecule has 15 heavy (non-hydrogen) atoms. The second kappa shape index (κ2) is 2.97. The molecule has 0 amide bonds. The number of carbonyl (C=O) groups excluding carboxylic acids is 1. The van der Waals surface area contributed by atoms with E-state index in [0.717, 1.165) is 18.5 Å². The summed E-state index contributed by atoms with van der Waals surface area (Å²) in [6.07, 6.45) is 2.93. The van der Waals surface area contributed by atoms with Gasteiger partial charge in [0.1, 0.15) is 0 Å². The fraction of sp³-hybridized carbons (Fsp3) is 0.615. The monoisotopic (exact) mass is 205 g/mol. The van der Waals surface area contributed by atoms with Crippen molar-refractivity contribution in [2.45, 2.75) is 34.2 Å². The Labute approximate surface area is 91.3 Å². The van der Waals surface area contributed by atoms with Crippen LogP contribution in [0.15, 0.2) is 18.3 Å². The Balaban J connectivity index is 2.16. The molecule has 82 valence electrons. The number of carbonyl (C=O) groups is 1. The molecule has 0 unspecified atom stereocenters. The number of nitrogens with zero attached hydrogens (tertiary/aromatic N) is 1. The van der Waals surface area contributed by atoms with E-state index in [0.29, 0.717) is 16.7 Å². The Morgan fingerprint density at radius 1 is 1.33 bits per heavy atom. The normalized spacial score (nSPS) is 22.7. The van der Waals surface area contributed by atoms with Crippen LogP contribution in [-0.2, 0) is 6.54 Å². The number of hydrogen-bond acceptors (Lipinski definition) is 1. The highest BCUT2D eigenvalue weighted by atomic mass is 16.1. The van der Waals surface area contributed by atoms with Crippen LogP contribution in [-0.4, -0.2) is 10.9 Å². The summed E-state index contributed by atoms with van der Waals surface area (Å²) in [6, 6.07) is 3.81. The van der Waals surface area contributed by atoms with Gasteiger partial charge < -0.3 is 4.57 Å². The summed E-state index contributed by atoms with van der Waals surface area (Å²) in [4.78, 5) is 10.8. The van der Waals surface area contributed by atoms with Gasteiger partial charge in [-0.25, -0.2) is 0 Å². The van der Waals surface area contributed by atoms with Crippen molar-refractivity contribution in [1.29, 1.82) is 0 Å². The van der Waals surface area contributed by atoms with Crippen LogP contribution in [0.5, 0.6) is 0 Å². The Morgan fingerprint density at radius 2 is 1.93 bits per heavy atom. The Morgan fingerprint density at radius 3 is 2.40 bits per heavy atom. The first-order chi connectivity index (χ1) is 6.91. The van der Waals surface area contributed by atoms with Crippen molar-refractivity contribution in [3.63, 3.8) is 0 Å². The van der Waals surface area contributed by atoms with E-state index in [1.165, 1.54) is 0 Å². The Kier molecular flexibility index (Phi) is 2.07. The van der Waals surface area contributed by atoms with Gasteiger partial charge in [0.05, 0.1) is 5.69 Å². The van der Waals surface area contributed by atoms with Gasteiger partial charge in [0, 0.05) is 12.7 Å². The number of hydrogen-bond donors (Lipinski definition) is 0. The van der Waals surface area contributed by atoms with Gasteiger partial charge in [-0.3, -0.25) is 4.79 Å². The molecule has 0 N–H and O–H groups in total. The molecule has 0 spiro atoms. The lowest BCUT2D eigenvalue weighted by Gasteiger charge is -2.06. The standard InChI is InChI=1S/C13H19NO/c1-12(2)11(13(12,3)4)8-14-7-5-6-10(14)9-15/h5-7,9,11H,8H2,1-4H3. The molecule has 2 rings (SSSR count). The second-order valence-corrected chi connectivity index (χ2v) is 5.70. The molecule has 2 nitrogen and oxygen atoms in total. The van der Waals surface area contributed by atoms with Gasteiger partial charge in [0.15, 0.2) is 6.29 Å². The molecule has 0 radical (unpaired) electrons. The van der Waals surface area contributed by atoms with E-state index in [4.69, 9.17) is 0 Å². The first-order valence-electron chi connectivity index (χ1n) is 5.51. The van der Waals surface area contributed by atoms with Crippen LogP contribution >= 0.6 is 0 Å². The summed E-state index contributed by atoms with van der Waals surface area (Å²) in [7, 11) is 0. The maximum absolute atomic E-state index is 10.8. The molecule has 1 aromatic heterocycles. The first-order valence-corrected chi connectivity index (χ1v) is 5.51. The van der Waals surface area contributed by atoms with E-state index in [-0.39, 0.29) is 0 Å². The average molecular weight is 205 g/mol. The van der Waals surface area contributed by atoms with Crippen molar-refractivity contribution in [1.82, 2.24) is 4.57 Å². The molecule has 1 aromatic rings. The summed E-state index contributed by atoms with van der Waals surface area (Å²) in [5.74, 6) is 0.663. The maximum atomic E-state index is 10.8. The van der Waals surface area contributed by atoms with Gasteiger partial charge in [-0.2, -0.15) is 0 Å². The third kappa shape index (κ3) is 1.35. The number of aldehydes is 1. The van der Waals surface area contributed by atoms with E-state index in [1.807, 2.05) is 18.3 Å². The summed E-state index contributed by atoms with van der Waals surface area (Å²) >= 11 is 0. The minimum Gasteiger partial charge on any atom is -0.345 e. The molecular weight excluding hydrogens is 186 g/mol. The Bertz CT molecular complexity index is 373. The minimum absolute atomic E-state index is 0.386. The molecule has 2 heteroatoms. The van der Waals surface area contributed by atoms with Gasteiger partial charge in [-0.1, -0.05) is 27.7 Å². The number of aromatic nitrogens is 1. The van der Waals surface area contributed by atoms with Crippen LogP contribution in [0.3, 0.4) is 0 Å². The molecule has 1 aliphatic rings. The van der Waals surface area contributed by atoms with Gasteiger partial charge in [0.25, 0.3) is 0 Å². The maximum Gasteiger partial charge on any atom is 0.166 e. The summed E-state index contributed by atoms with van der Waals surface area (Å²) in [6.45, 7) is 10.2. The fourth-order valence-corrected chi connectivity index (χ4v) is 2.69. The van der Waals surface area contributed by atoms with E-state index in [1.54, 1.807) is 0 Å². The quantitative estimate of drug-likeness (QED) is 0.695. The molecule has 1 aliphatic carbocycles. The van der Waals surface area contributed by atoms with E-state index in [9.17, 15) is 4.79 Å².